The molecule has 0 unspecified atom stereocenters. The van der Waals surface area contributed by atoms with Crippen LogP contribution in [-0.4, -0.2) is 20.1 Å². The number of hydrogen-bond acceptors (Lipinski definition) is 3. The Morgan fingerprint density at radius 2 is 1.57 bits per heavy atom. The summed E-state index contributed by atoms with van der Waals surface area (Å²) in [5.74, 6) is -2.23. The highest BCUT2D eigenvalue weighted by atomic mass is 32.2. The molecule has 10 heteroatoms. The maximum Gasteiger partial charge on any atom is 0.534 e. The standard InChI is InChI=1S/C11H8F6O3S/c12-10(13,14)9(20-21(18,19)11(15,16)17)7-6-8-4-2-1-3-5-8/h1-5,7H,6H2. The second-order valence-corrected chi connectivity index (χ2v) is 5.28. The lowest BCUT2D eigenvalue weighted by atomic mass is 10.1. The van der Waals surface area contributed by atoms with E-state index in [1.165, 1.54) is 24.3 Å². The highest BCUT2D eigenvalue weighted by molar-refractivity contribution is 7.87. The summed E-state index contributed by atoms with van der Waals surface area (Å²) in [6.07, 6.45) is -5.57. The van der Waals surface area contributed by atoms with E-state index in [0.29, 0.717) is 5.56 Å². The summed E-state index contributed by atoms with van der Waals surface area (Å²) in [6, 6.07) is 7.43. The second-order valence-electron chi connectivity index (χ2n) is 3.74. The summed E-state index contributed by atoms with van der Waals surface area (Å²) in [6.45, 7) is 0. The number of allylic oxidation sites excluding steroid dienone is 2. The lowest BCUT2D eigenvalue weighted by molar-refractivity contribution is -0.120. The first-order chi connectivity index (χ1) is 9.43. The van der Waals surface area contributed by atoms with Crippen molar-refractivity contribution in [3.8, 4) is 0 Å². The molecular weight excluding hydrogens is 326 g/mol. The molecule has 0 bridgehead atoms. The van der Waals surface area contributed by atoms with Gasteiger partial charge in [-0.2, -0.15) is 34.8 Å². The van der Waals surface area contributed by atoms with Crippen molar-refractivity contribution in [1.82, 2.24) is 0 Å². The number of benzene rings is 1. The summed E-state index contributed by atoms with van der Waals surface area (Å²) in [4.78, 5) is 0. The van der Waals surface area contributed by atoms with Gasteiger partial charge < -0.3 is 4.18 Å². The molecule has 0 atom stereocenters. The molecule has 0 N–H and O–H groups in total. The summed E-state index contributed by atoms with van der Waals surface area (Å²) >= 11 is 0. The molecule has 1 aromatic carbocycles. The van der Waals surface area contributed by atoms with Crippen molar-refractivity contribution in [2.24, 2.45) is 0 Å². The monoisotopic (exact) mass is 334 g/mol. The zero-order chi connectivity index (χ0) is 16.3. The summed E-state index contributed by atoms with van der Waals surface area (Å²) < 4.78 is 98.1. The molecule has 118 valence electrons. The van der Waals surface area contributed by atoms with Crippen molar-refractivity contribution in [1.29, 1.82) is 0 Å². The van der Waals surface area contributed by atoms with Crippen LogP contribution >= 0.6 is 0 Å². The Morgan fingerprint density at radius 3 is 2.00 bits per heavy atom. The zero-order valence-electron chi connectivity index (χ0n) is 10.1. The van der Waals surface area contributed by atoms with E-state index in [1.54, 1.807) is 6.07 Å². The maximum atomic E-state index is 12.5. The highest BCUT2D eigenvalue weighted by Crippen LogP contribution is 2.33. The third-order valence-electron chi connectivity index (χ3n) is 2.13. The van der Waals surface area contributed by atoms with E-state index < -0.39 is 34.0 Å². The fourth-order valence-electron chi connectivity index (χ4n) is 1.19. The van der Waals surface area contributed by atoms with Gasteiger partial charge in [-0.05, 0) is 18.1 Å². The molecule has 0 spiro atoms. The Hall–Kier alpha value is -1.71. The Balaban J connectivity index is 3.04. The number of rotatable bonds is 4. The number of hydrogen-bond donors (Lipinski definition) is 0. The molecule has 0 heterocycles. The lowest BCUT2D eigenvalue weighted by Crippen LogP contribution is -2.29. The van der Waals surface area contributed by atoms with Crippen LogP contribution in [0.5, 0.6) is 0 Å². The summed E-state index contributed by atoms with van der Waals surface area (Å²) in [5.41, 5.74) is -5.60. The van der Waals surface area contributed by atoms with Gasteiger partial charge in [-0.15, -0.1) is 0 Å². The molecule has 0 saturated carbocycles. The maximum absolute atomic E-state index is 12.5. The van der Waals surface area contributed by atoms with Crippen LogP contribution in [0, 0.1) is 0 Å². The molecule has 3 nitrogen and oxygen atoms in total. The third-order valence-corrected chi connectivity index (χ3v) is 3.09. The molecule has 0 saturated heterocycles. The topological polar surface area (TPSA) is 43.4 Å². The predicted molar refractivity (Wildman–Crippen MR) is 60.3 cm³/mol. The molecule has 0 aliphatic rings. The van der Waals surface area contributed by atoms with Gasteiger partial charge in [-0.25, -0.2) is 0 Å². The van der Waals surface area contributed by atoms with E-state index >= 15 is 0 Å². The van der Waals surface area contributed by atoms with Crippen molar-refractivity contribution in [2.75, 3.05) is 0 Å². The van der Waals surface area contributed by atoms with E-state index in [1.807, 2.05) is 0 Å². The normalized spacial score (nSPS) is 14.1. The van der Waals surface area contributed by atoms with Crippen molar-refractivity contribution in [2.45, 2.75) is 18.1 Å². The summed E-state index contributed by atoms with van der Waals surface area (Å²) in [7, 11) is -6.37. The first-order valence-corrected chi connectivity index (χ1v) is 6.66. The third kappa shape index (κ3) is 4.96. The zero-order valence-corrected chi connectivity index (χ0v) is 10.9. The minimum atomic E-state index is -6.37. The number of halogens is 6. The molecule has 0 radical (unpaired) electrons. The SMILES string of the molecule is O=S(=O)(OC(=CCc1ccccc1)C(F)(F)F)C(F)(F)F. The Bertz CT molecular complexity index is 601. The van der Waals surface area contributed by atoms with Gasteiger partial charge in [0.2, 0.25) is 5.76 Å². The Labute approximate surface area is 116 Å². The molecule has 1 rings (SSSR count). The Morgan fingerprint density at radius 1 is 1.05 bits per heavy atom. The minimum Gasteiger partial charge on any atom is -0.371 e. The fourth-order valence-corrected chi connectivity index (χ4v) is 1.68. The average molecular weight is 334 g/mol. The molecule has 0 fully saturated rings. The fraction of sp³-hybridized carbons (Fsp3) is 0.273. The Kier molecular flexibility index (Phi) is 4.92. The molecular formula is C11H8F6O3S. The van der Waals surface area contributed by atoms with Gasteiger partial charge in [0.25, 0.3) is 0 Å². The van der Waals surface area contributed by atoms with Crippen LogP contribution in [0.15, 0.2) is 42.2 Å². The van der Waals surface area contributed by atoms with Gasteiger partial charge in [-0.1, -0.05) is 30.3 Å². The first-order valence-electron chi connectivity index (χ1n) is 5.25. The van der Waals surface area contributed by atoms with Crippen molar-refractivity contribution in [3.63, 3.8) is 0 Å². The van der Waals surface area contributed by atoms with E-state index in [4.69, 9.17) is 0 Å². The molecule has 0 aliphatic heterocycles. The first kappa shape index (κ1) is 17.3. The van der Waals surface area contributed by atoms with E-state index in [0.717, 1.165) is 0 Å². The highest BCUT2D eigenvalue weighted by Gasteiger charge is 2.51. The summed E-state index contributed by atoms with van der Waals surface area (Å²) in [5, 5.41) is 0. The van der Waals surface area contributed by atoms with Crippen LogP contribution in [0.25, 0.3) is 0 Å². The minimum absolute atomic E-state index is 0.235. The van der Waals surface area contributed by atoms with Crippen LogP contribution in [0.2, 0.25) is 0 Å². The van der Waals surface area contributed by atoms with E-state index in [-0.39, 0.29) is 6.08 Å². The van der Waals surface area contributed by atoms with Crippen LogP contribution in [0.4, 0.5) is 26.3 Å². The average Bonchev–Trinajstić information content (AvgIpc) is 2.33. The smallest absolute Gasteiger partial charge is 0.371 e. The van der Waals surface area contributed by atoms with Crippen LogP contribution in [0.3, 0.4) is 0 Å². The van der Waals surface area contributed by atoms with Crippen molar-refractivity contribution in [3.05, 3.63) is 47.7 Å². The van der Waals surface area contributed by atoms with Crippen LogP contribution in [-0.2, 0) is 20.7 Å². The van der Waals surface area contributed by atoms with Gasteiger partial charge in [0.15, 0.2) is 0 Å². The van der Waals surface area contributed by atoms with Crippen molar-refractivity contribution < 1.29 is 38.9 Å². The van der Waals surface area contributed by atoms with Crippen LogP contribution in [0.1, 0.15) is 5.56 Å². The van der Waals surface area contributed by atoms with Gasteiger partial charge in [-0.3, -0.25) is 0 Å². The van der Waals surface area contributed by atoms with Gasteiger partial charge in [0.05, 0.1) is 0 Å². The van der Waals surface area contributed by atoms with Gasteiger partial charge in [0.1, 0.15) is 0 Å². The second kappa shape index (κ2) is 5.96. The molecule has 0 aromatic heterocycles. The quantitative estimate of drug-likeness (QED) is 0.366. The van der Waals surface area contributed by atoms with Gasteiger partial charge >= 0.3 is 21.8 Å². The van der Waals surface area contributed by atoms with E-state index in [2.05, 4.69) is 4.18 Å². The molecule has 21 heavy (non-hydrogen) atoms. The van der Waals surface area contributed by atoms with Gasteiger partial charge in [0, 0.05) is 0 Å². The lowest BCUT2D eigenvalue weighted by Gasteiger charge is -2.14. The van der Waals surface area contributed by atoms with Crippen LogP contribution < -0.4 is 0 Å². The number of alkyl halides is 6. The predicted octanol–water partition coefficient (Wildman–Crippen LogP) is 3.54. The largest absolute Gasteiger partial charge is 0.534 e. The molecule has 0 amide bonds. The van der Waals surface area contributed by atoms with Crippen molar-refractivity contribution >= 4 is 10.1 Å². The van der Waals surface area contributed by atoms with E-state index in [9.17, 15) is 34.8 Å². The molecule has 1 aromatic rings. The molecule has 0 aliphatic carbocycles.